The van der Waals surface area contributed by atoms with Gasteiger partial charge in [0.2, 0.25) is 0 Å². The minimum Gasteiger partial charge on any atom is -0.261 e. The van der Waals surface area contributed by atoms with Crippen LogP contribution in [-0.4, -0.2) is 9.97 Å². The zero-order valence-electron chi connectivity index (χ0n) is 13.8. The third kappa shape index (κ3) is 7.67. The lowest BCUT2D eigenvalue weighted by Crippen LogP contribution is -1.83. The molecule has 0 radical (unpaired) electrons. The Morgan fingerprint density at radius 1 is 0.700 bits per heavy atom. The lowest BCUT2D eigenvalue weighted by atomic mass is 10.2. The maximum absolute atomic E-state index is 4.15. The molecule has 0 N–H and O–H groups in total. The summed E-state index contributed by atoms with van der Waals surface area (Å²) >= 11 is 0. The molecule has 2 heterocycles. The molecule has 0 fully saturated rings. The molecule has 0 aliphatic rings. The van der Waals surface area contributed by atoms with Crippen molar-refractivity contribution in [3.63, 3.8) is 0 Å². The largest absolute Gasteiger partial charge is 0.261 e. The SMILES string of the molecule is CC.CCc1ccc(C)nc1.CCc1ccc(C)nc1. The Labute approximate surface area is 124 Å². The van der Waals surface area contributed by atoms with E-state index < -0.39 is 0 Å². The lowest BCUT2D eigenvalue weighted by molar-refractivity contribution is 1.08. The average molecular weight is 272 g/mol. The van der Waals surface area contributed by atoms with E-state index in [0.29, 0.717) is 0 Å². The molecule has 0 saturated carbocycles. The number of rotatable bonds is 2. The Balaban J connectivity index is 0.000000321. The Morgan fingerprint density at radius 2 is 1.05 bits per heavy atom. The van der Waals surface area contributed by atoms with Crippen LogP contribution in [-0.2, 0) is 12.8 Å². The van der Waals surface area contributed by atoms with Crippen molar-refractivity contribution in [2.75, 3.05) is 0 Å². The van der Waals surface area contributed by atoms with Gasteiger partial charge in [-0.1, -0.05) is 39.8 Å². The summed E-state index contributed by atoms with van der Waals surface area (Å²) < 4.78 is 0. The van der Waals surface area contributed by atoms with Crippen molar-refractivity contribution >= 4 is 0 Å². The van der Waals surface area contributed by atoms with Crippen molar-refractivity contribution in [2.24, 2.45) is 0 Å². The molecule has 0 aliphatic heterocycles. The van der Waals surface area contributed by atoms with Crippen molar-refractivity contribution < 1.29 is 0 Å². The van der Waals surface area contributed by atoms with Crippen LogP contribution in [0.4, 0.5) is 0 Å². The summed E-state index contributed by atoms with van der Waals surface area (Å²) in [7, 11) is 0. The number of aromatic nitrogens is 2. The van der Waals surface area contributed by atoms with Crippen LogP contribution in [0.15, 0.2) is 36.7 Å². The molecule has 0 bridgehead atoms. The van der Waals surface area contributed by atoms with Crippen LogP contribution in [0.2, 0.25) is 0 Å². The fraction of sp³-hybridized carbons (Fsp3) is 0.444. The predicted octanol–water partition coefficient (Wildman–Crippen LogP) is 4.93. The molecule has 2 aromatic rings. The summed E-state index contributed by atoms with van der Waals surface area (Å²) in [6.45, 7) is 12.3. The van der Waals surface area contributed by atoms with E-state index in [0.717, 1.165) is 24.2 Å². The fourth-order valence-electron chi connectivity index (χ4n) is 1.42. The Hall–Kier alpha value is -1.70. The van der Waals surface area contributed by atoms with Crippen LogP contribution in [0, 0.1) is 13.8 Å². The molecular formula is C18H28N2. The number of hydrogen-bond donors (Lipinski definition) is 0. The maximum atomic E-state index is 4.15. The van der Waals surface area contributed by atoms with E-state index in [9.17, 15) is 0 Å². The number of hydrogen-bond acceptors (Lipinski definition) is 2. The summed E-state index contributed by atoms with van der Waals surface area (Å²) in [4.78, 5) is 8.30. The first kappa shape index (κ1) is 18.3. The second-order valence-electron chi connectivity index (χ2n) is 4.32. The third-order valence-corrected chi connectivity index (χ3v) is 2.76. The number of nitrogens with zero attached hydrogens (tertiary/aromatic N) is 2. The van der Waals surface area contributed by atoms with Gasteiger partial charge in [0.05, 0.1) is 0 Å². The van der Waals surface area contributed by atoms with E-state index in [4.69, 9.17) is 0 Å². The monoisotopic (exact) mass is 272 g/mol. The Bertz CT molecular complexity index is 398. The van der Waals surface area contributed by atoms with E-state index in [-0.39, 0.29) is 0 Å². The molecule has 2 heteroatoms. The normalized spacial score (nSPS) is 8.90. The first-order chi connectivity index (χ1) is 9.65. The van der Waals surface area contributed by atoms with Gasteiger partial charge in [-0.15, -0.1) is 0 Å². The van der Waals surface area contributed by atoms with Crippen LogP contribution in [0.5, 0.6) is 0 Å². The van der Waals surface area contributed by atoms with Gasteiger partial charge in [0, 0.05) is 23.8 Å². The molecule has 0 spiro atoms. The highest BCUT2D eigenvalue weighted by molar-refractivity contribution is 5.13. The Morgan fingerprint density at radius 3 is 1.25 bits per heavy atom. The maximum Gasteiger partial charge on any atom is 0.0372 e. The molecule has 0 aromatic carbocycles. The van der Waals surface area contributed by atoms with E-state index in [1.165, 1.54) is 11.1 Å². The summed E-state index contributed by atoms with van der Waals surface area (Å²) in [5.41, 5.74) is 4.79. The van der Waals surface area contributed by atoms with Gasteiger partial charge in [-0.25, -0.2) is 0 Å². The highest BCUT2D eigenvalue weighted by atomic mass is 14.7. The average Bonchev–Trinajstić information content (AvgIpc) is 2.51. The van der Waals surface area contributed by atoms with Gasteiger partial charge in [0.1, 0.15) is 0 Å². The predicted molar refractivity (Wildman–Crippen MR) is 88.1 cm³/mol. The molecule has 110 valence electrons. The molecule has 20 heavy (non-hydrogen) atoms. The second kappa shape index (κ2) is 11.2. The van der Waals surface area contributed by atoms with Crippen molar-refractivity contribution in [2.45, 2.75) is 54.4 Å². The first-order valence-corrected chi connectivity index (χ1v) is 7.48. The molecule has 2 nitrogen and oxygen atoms in total. The summed E-state index contributed by atoms with van der Waals surface area (Å²) in [6.07, 6.45) is 6.01. The summed E-state index contributed by atoms with van der Waals surface area (Å²) in [5, 5.41) is 0. The zero-order chi connectivity index (χ0) is 15.4. The van der Waals surface area contributed by atoms with Crippen LogP contribution in [0.3, 0.4) is 0 Å². The number of pyridine rings is 2. The van der Waals surface area contributed by atoms with Crippen molar-refractivity contribution in [3.05, 3.63) is 59.2 Å². The number of aryl methyl sites for hydroxylation is 4. The van der Waals surface area contributed by atoms with Crippen molar-refractivity contribution in [3.8, 4) is 0 Å². The molecule has 0 saturated heterocycles. The van der Waals surface area contributed by atoms with E-state index >= 15 is 0 Å². The molecule has 2 rings (SSSR count). The minimum absolute atomic E-state index is 1.08. The lowest BCUT2D eigenvalue weighted by Gasteiger charge is -1.93. The smallest absolute Gasteiger partial charge is 0.0372 e. The minimum atomic E-state index is 1.08. The second-order valence-corrected chi connectivity index (χ2v) is 4.32. The van der Waals surface area contributed by atoms with Gasteiger partial charge in [0.25, 0.3) is 0 Å². The van der Waals surface area contributed by atoms with Gasteiger partial charge < -0.3 is 0 Å². The third-order valence-electron chi connectivity index (χ3n) is 2.76. The van der Waals surface area contributed by atoms with Crippen LogP contribution in [0.25, 0.3) is 0 Å². The van der Waals surface area contributed by atoms with E-state index in [1.807, 2.05) is 52.2 Å². The quantitative estimate of drug-likeness (QED) is 0.774. The van der Waals surface area contributed by atoms with Crippen LogP contribution < -0.4 is 0 Å². The molecule has 2 aromatic heterocycles. The van der Waals surface area contributed by atoms with Gasteiger partial charge >= 0.3 is 0 Å². The van der Waals surface area contributed by atoms with Crippen LogP contribution in [0.1, 0.15) is 50.2 Å². The highest BCUT2D eigenvalue weighted by Crippen LogP contribution is 1.99. The topological polar surface area (TPSA) is 25.8 Å². The van der Waals surface area contributed by atoms with Gasteiger partial charge in [-0.2, -0.15) is 0 Å². The molecule has 0 atom stereocenters. The van der Waals surface area contributed by atoms with Gasteiger partial charge in [-0.05, 0) is 49.9 Å². The zero-order valence-corrected chi connectivity index (χ0v) is 13.8. The Kier molecular flexibility index (Phi) is 10.2. The molecule has 0 aliphatic carbocycles. The van der Waals surface area contributed by atoms with E-state index in [2.05, 4.69) is 35.9 Å². The first-order valence-electron chi connectivity index (χ1n) is 7.48. The van der Waals surface area contributed by atoms with Crippen LogP contribution >= 0.6 is 0 Å². The summed E-state index contributed by atoms with van der Waals surface area (Å²) in [5.74, 6) is 0. The fourth-order valence-corrected chi connectivity index (χ4v) is 1.42. The van der Waals surface area contributed by atoms with Gasteiger partial charge in [0.15, 0.2) is 0 Å². The van der Waals surface area contributed by atoms with Crippen molar-refractivity contribution in [1.29, 1.82) is 0 Å². The molecule has 0 amide bonds. The molecule has 0 unspecified atom stereocenters. The highest BCUT2D eigenvalue weighted by Gasteiger charge is 1.86. The van der Waals surface area contributed by atoms with E-state index in [1.54, 1.807) is 0 Å². The standard InChI is InChI=1S/2C8H11N.C2H6/c2*1-3-8-5-4-7(2)9-6-8;1-2/h2*4-6H,3H2,1-2H3;1-2H3. The van der Waals surface area contributed by atoms with Crippen molar-refractivity contribution in [1.82, 2.24) is 9.97 Å². The van der Waals surface area contributed by atoms with Gasteiger partial charge in [-0.3, -0.25) is 9.97 Å². The molecular weight excluding hydrogens is 244 g/mol. The summed E-state index contributed by atoms with van der Waals surface area (Å²) in [6, 6.07) is 8.31.